The third kappa shape index (κ3) is 4.27. The van der Waals surface area contributed by atoms with E-state index in [1.807, 2.05) is 36.4 Å². The molecular formula is C29H28N6O6S. The normalized spacial score (nSPS) is 16.7. The molecule has 7 rings (SSSR count). The SMILES string of the molecule is Cn1c(=O)oc2cc(S(=O)(=O)N3CCC(C(=O)N4CCc5nc6cc(-c7ccccc7)[nH]n6c(=O)c5C4)CC3)ccc21. The highest BCUT2D eigenvalue weighted by molar-refractivity contribution is 7.89. The number of aromatic amines is 1. The summed E-state index contributed by atoms with van der Waals surface area (Å²) in [6.45, 7) is 1.000. The number of aryl methyl sites for hydroxylation is 1. The van der Waals surface area contributed by atoms with Crippen molar-refractivity contribution in [2.75, 3.05) is 19.6 Å². The molecule has 0 aliphatic carbocycles. The Kier molecular flexibility index (Phi) is 6.17. The molecular weight excluding hydrogens is 560 g/mol. The summed E-state index contributed by atoms with van der Waals surface area (Å²) in [5.41, 5.74) is 3.96. The number of amides is 1. The summed E-state index contributed by atoms with van der Waals surface area (Å²) < 4.78 is 35.9. The standard InChI is InChI=1S/C29H28N6O6S/c1-32-24-8-7-20(15-25(24)41-29(32)38)42(39,40)34-13-9-19(10-14-34)27(36)33-12-11-22-21(17-33)28(37)35-26(30-22)16-23(31-35)18-5-3-2-4-6-18/h2-8,15-16,19,31H,9-14,17H2,1H3. The monoisotopic (exact) mass is 588 g/mol. The number of fused-ring (bicyclic) bond motifs is 3. The second-order valence-corrected chi connectivity index (χ2v) is 12.8. The maximum absolute atomic E-state index is 13.5. The molecule has 1 amide bonds. The molecule has 2 aromatic carbocycles. The van der Waals surface area contributed by atoms with Gasteiger partial charge in [-0.3, -0.25) is 19.3 Å². The van der Waals surface area contributed by atoms with E-state index in [2.05, 4.69) is 5.10 Å². The predicted molar refractivity (Wildman–Crippen MR) is 153 cm³/mol. The quantitative estimate of drug-likeness (QED) is 0.339. The third-order valence-electron chi connectivity index (χ3n) is 8.36. The van der Waals surface area contributed by atoms with E-state index < -0.39 is 15.8 Å². The van der Waals surface area contributed by atoms with Gasteiger partial charge in [0.15, 0.2) is 11.2 Å². The Morgan fingerprint density at radius 3 is 2.55 bits per heavy atom. The summed E-state index contributed by atoms with van der Waals surface area (Å²) in [5.74, 6) is -0.986. The molecule has 2 aliphatic heterocycles. The summed E-state index contributed by atoms with van der Waals surface area (Å²) in [6, 6.07) is 15.9. The van der Waals surface area contributed by atoms with E-state index in [1.54, 1.807) is 18.0 Å². The van der Waals surface area contributed by atoms with Crippen LogP contribution in [0.3, 0.4) is 0 Å². The van der Waals surface area contributed by atoms with Crippen LogP contribution in [-0.4, -0.2) is 62.3 Å². The lowest BCUT2D eigenvalue weighted by Gasteiger charge is -2.35. The summed E-state index contributed by atoms with van der Waals surface area (Å²) in [6.07, 6.45) is 1.22. The van der Waals surface area contributed by atoms with E-state index in [-0.39, 0.29) is 47.5 Å². The van der Waals surface area contributed by atoms with Crippen LogP contribution in [0, 0.1) is 5.92 Å². The Labute approximate surface area is 239 Å². The van der Waals surface area contributed by atoms with Gasteiger partial charge in [0.25, 0.3) is 5.56 Å². The second kappa shape index (κ2) is 9.81. The number of hydrogen-bond donors (Lipinski definition) is 1. The van der Waals surface area contributed by atoms with Crippen molar-refractivity contribution in [3.63, 3.8) is 0 Å². The Hall–Kier alpha value is -4.49. The molecule has 2 aliphatic rings. The molecule has 0 atom stereocenters. The first-order valence-corrected chi connectivity index (χ1v) is 15.2. The van der Waals surface area contributed by atoms with E-state index in [0.717, 1.165) is 11.3 Å². The van der Waals surface area contributed by atoms with Crippen molar-refractivity contribution in [3.05, 3.63) is 86.8 Å². The Balaban J connectivity index is 1.06. The van der Waals surface area contributed by atoms with Crippen molar-refractivity contribution < 1.29 is 17.6 Å². The van der Waals surface area contributed by atoms with Gasteiger partial charge in [0, 0.05) is 51.2 Å². The summed E-state index contributed by atoms with van der Waals surface area (Å²) in [7, 11) is -2.28. The van der Waals surface area contributed by atoms with Gasteiger partial charge in [0.2, 0.25) is 15.9 Å². The van der Waals surface area contributed by atoms with Crippen LogP contribution in [0.2, 0.25) is 0 Å². The summed E-state index contributed by atoms with van der Waals surface area (Å²) >= 11 is 0. The van der Waals surface area contributed by atoms with Gasteiger partial charge in [0.05, 0.1) is 33.9 Å². The van der Waals surface area contributed by atoms with Gasteiger partial charge in [-0.15, -0.1) is 0 Å². The highest BCUT2D eigenvalue weighted by Gasteiger charge is 2.35. The highest BCUT2D eigenvalue weighted by Crippen LogP contribution is 2.28. The van der Waals surface area contributed by atoms with Crippen molar-refractivity contribution in [2.45, 2.75) is 30.7 Å². The minimum atomic E-state index is -3.83. The predicted octanol–water partition coefficient (Wildman–Crippen LogP) is 2.12. The lowest BCUT2D eigenvalue weighted by atomic mass is 9.95. The summed E-state index contributed by atoms with van der Waals surface area (Å²) in [4.78, 5) is 45.2. The van der Waals surface area contributed by atoms with Gasteiger partial charge in [0.1, 0.15) is 0 Å². The first-order valence-electron chi connectivity index (χ1n) is 13.8. The minimum Gasteiger partial charge on any atom is -0.408 e. The molecule has 5 aromatic rings. The molecule has 42 heavy (non-hydrogen) atoms. The first-order chi connectivity index (χ1) is 20.2. The molecule has 13 heteroatoms. The Morgan fingerprint density at radius 1 is 1.02 bits per heavy atom. The number of benzene rings is 2. The number of H-pyrrole nitrogens is 1. The maximum Gasteiger partial charge on any atom is 0.419 e. The highest BCUT2D eigenvalue weighted by atomic mass is 32.2. The number of carbonyl (C=O) groups excluding carboxylic acids is 1. The largest absolute Gasteiger partial charge is 0.419 e. The number of oxazole rings is 1. The summed E-state index contributed by atoms with van der Waals surface area (Å²) in [5, 5.41) is 3.14. The lowest BCUT2D eigenvalue weighted by Crippen LogP contribution is -2.46. The van der Waals surface area contributed by atoms with E-state index in [4.69, 9.17) is 9.40 Å². The van der Waals surface area contributed by atoms with Gasteiger partial charge in [-0.05, 0) is 30.5 Å². The molecule has 0 bridgehead atoms. The molecule has 0 unspecified atom stereocenters. The van der Waals surface area contributed by atoms with E-state index in [0.29, 0.717) is 48.2 Å². The van der Waals surface area contributed by atoms with Crippen molar-refractivity contribution >= 4 is 32.7 Å². The number of hydrogen-bond acceptors (Lipinski definition) is 7. The first kappa shape index (κ1) is 26.4. The van der Waals surface area contributed by atoms with Gasteiger partial charge < -0.3 is 9.32 Å². The van der Waals surface area contributed by atoms with Crippen LogP contribution in [0.25, 0.3) is 28.0 Å². The average molecular weight is 589 g/mol. The smallest absolute Gasteiger partial charge is 0.408 e. The Morgan fingerprint density at radius 2 is 1.79 bits per heavy atom. The number of carbonyl (C=O) groups is 1. The van der Waals surface area contributed by atoms with Crippen LogP contribution in [0.1, 0.15) is 24.1 Å². The number of rotatable bonds is 4. The number of sulfonamides is 1. The topological polar surface area (TPSA) is 143 Å². The van der Waals surface area contributed by atoms with Crippen LogP contribution in [-0.2, 0) is 34.8 Å². The van der Waals surface area contributed by atoms with Crippen LogP contribution < -0.4 is 11.3 Å². The fraction of sp³-hybridized carbons (Fsp3) is 0.310. The maximum atomic E-state index is 13.5. The number of aromatic nitrogens is 4. The van der Waals surface area contributed by atoms with Crippen molar-refractivity contribution in [3.8, 4) is 11.3 Å². The molecule has 5 heterocycles. The molecule has 12 nitrogen and oxygen atoms in total. The van der Waals surface area contributed by atoms with E-state index in [1.165, 1.54) is 25.5 Å². The second-order valence-electron chi connectivity index (χ2n) is 10.8. The van der Waals surface area contributed by atoms with Gasteiger partial charge in [-0.2, -0.15) is 4.31 Å². The van der Waals surface area contributed by atoms with Crippen LogP contribution in [0.4, 0.5) is 0 Å². The van der Waals surface area contributed by atoms with Crippen molar-refractivity contribution in [1.82, 2.24) is 28.4 Å². The molecule has 0 spiro atoms. The minimum absolute atomic E-state index is 0.0424. The molecule has 0 radical (unpaired) electrons. The molecule has 1 saturated heterocycles. The Bertz CT molecular complexity index is 2080. The molecule has 3 aromatic heterocycles. The molecule has 1 N–H and O–H groups in total. The zero-order valence-corrected chi connectivity index (χ0v) is 23.6. The average Bonchev–Trinajstić information content (AvgIpc) is 3.57. The van der Waals surface area contributed by atoms with Crippen molar-refractivity contribution in [1.29, 1.82) is 0 Å². The number of nitrogens with one attached hydrogen (secondary N) is 1. The van der Waals surface area contributed by atoms with Crippen LogP contribution >= 0.6 is 0 Å². The molecule has 1 fully saturated rings. The van der Waals surface area contributed by atoms with Gasteiger partial charge >= 0.3 is 5.76 Å². The number of nitrogens with zero attached hydrogens (tertiary/aromatic N) is 5. The van der Waals surface area contributed by atoms with Gasteiger partial charge in [-0.25, -0.2) is 22.7 Å². The number of piperidine rings is 1. The van der Waals surface area contributed by atoms with Crippen molar-refractivity contribution in [2.24, 2.45) is 13.0 Å². The molecule has 216 valence electrons. The van der Waals surface area contributed by atoms with Crippen LogP contribution in [0.15, 0.2) is 73.5 Å². The van der Waals surface area contributed by atoms with Crippen LogP contribution in [0.5, 0.6) is 0 Å². The third-order valence-corrected chi connectivity index (χ3v) is 10.3. The zero-order chi connectivity index (χ0) is 29.2. The van der Waals surface area contributed by atoms with Gasteiger partial charge in [-0.1, -0.05) is 30.3 Å². The zero-order valence-electron chi connectivity index (χ0n) is 22.8. The fourth-order valence-corrected chi connectivity index (χ4v) is 7.45. The fourth-order valence-electron chi connectivity index (χ4n) is 5.96. The van der Waals surface area contributed by atoms with E-state index in [9.17, 15) is 22.8 Å². The van der Waals surface area contributed by atoms with E-state index >= 15 is 0 Å². The molecule has 0 saturated carbocycles. The lowest BCUT2D eigenvalue weighted by molar-refractivity contribution is -0.137.